The molecule has 0 unspecified atom stereocenters. The van der Waals surface area contributed by atoms with Crippen LogP contribution in [0.3, 0.4) is 0 Å². The number of hydrogen-bond acceptors (Lipinski definition) is 2. The van der Waals surface area contributed by atoms with Crippen LogP contribution >= 0.6 is 0 Å². The van der Waals surface area contributed by atoms with Crippen LogP contribution in [0.2, 0.25) is 0 Å². The fourth-order valence-corrected chi connectivity index (χ4v) is 1.45. The molecule has 0 aliphatic rings. The summed E-state index contributed by atoms with van der Waals surface area (Å²) < 4.78 is 1.92. The van der Waals surface area contributed by atoms with Gasteiger partial charge < -0.3 is 9.67 Å². The maximum Gasteiger partial charge on any atom is 0.0991 e. The quantitative estimate of drug-likeness (QED) is 0.809. The van der Waals surface area contributed by atoms with E-state index in [9.17, 15) is 5.11 Å². The van der Waals surface area contributed by atoms with Gasteiger partial charge in [-0.3, -0.25) is 0 Å². The van der Waals surface area contributed by atoms with Gasteiger partial charge in [0, 0.05) is 18.1 Å². The van der Waals surface area contributed by atoms with Crippen LogP contribution in [-0.2, 0) is 5.60 Å². The molecule has 15 heavy (non-hydrogen) atoms. The summed E-state index contributed by atoms with van der Waals surface area (Å²) in [5, 5.41) is 9.79. The fourth-order valence-electron chi connectivity index (χ4n) is 1.45. The second-order valence-electron chi connectivity index (χ2n) is 4.08. The molecule has 0 amide bonds. The molecule has 3 nitrogen and oxygen atoms in total. The van der Waals surface area contributed by atoms with E-state index in [0.717, 1.165) is 11.3 Å². The van der Waals surface area contributed by atoms with Gasteiger partial charge in [-0.15, -0.1) is 0 Å². The smallest absolute Gasteiger partial charge is 0.0991 e. The highest BCUT2D eigenvalue weighted by Gasteiger charge is 2.14. The van der Waals surface area contributed by atoms with Crippen LogP contribution in [0.1, 0.15) is 19.4 Å². The maximum atomic E-state index is 9.79. The van der Waals surface area contributed by atoms with Gasteiger partial charge in [-0.1, -0.05) is 12.1 Å². The summed E-state index contributed by atoms with van der Waals surface area (Å²) in [4.78, 5) is 3.98. The molecule has 0 atom stereocenters. The highest BCUT2D eigenvalue weighted by molar-refractivity contribution is 5.36. The van der Waals surface area contributed by atoms with Crippen molar-refractivity contribution in [3.63, 3.8) is 0 Å². The minimum Gasteiger partial charge on any atom is -0.386 e. The highest BCUT2D eigenvalue weighted by atomic mass is 16.3. The van der Waals surface area contributed by atoms with Crippen molar-refractivity contribution in [3.8, 4) is 5.69 Å². The second kappa shape index (κ2) is 3.51. The minimum absolute atomic E-state index is 0.784. The van der Waals surface area contributed by atoms with Gasteiger partial charge >= 0.3 is 0 Å². The Morgan fingerprint density at radius 3 is 2.33 bits per heavy atom. The molecule has 0 aliphatic heterocycles. The van der Waals surface area contributed by atoms with E-state index in [2.05, 4.69) is 4.98 Å². The number of hydrogen-bond donors (Lipinski definition) is 1. The van der Waals surface area contributed by atoms with Crippen LogP contribution in [0, 0.1) is 0 Å². The largest absolute Gasteiger partial charge is 0.386 e. The molecule has 78 valence electrons. The molecule has 3 heteroatoms. The molecule has 1 heterocycles. The topological polar surface area (TPSA) is 38.0 Å². The lowest BCUT2D eigenvalue weighted by atomic mass is 9.98. The van der Waals surface area contributed by atoms with Crippen molar-refractivity contribution >= 4 is 0 Å². The van der Waals surface area contributed by atoms with E-state index in [1.165, 1.54) is 0 Å². The molecular formula is C12H14N2O. The summed E-state index contributed by atoms with van der Waals surface area (Å²) in [5.74, 6) is 0. The molecule has 1 N–H and O–H groups in total. The lowest BCUT2D eigenvalue weighted by Gasteiger charge is -2.17. The van der Waals surface area contributed by atoms with Gasteiger partial charge in [-0.25, -0.2) is 4.98 Å². The number of imidazole rings is 1. The zero-order valence-corrected chi connectivity index (χ0v) is 8.88. The molecule has 0 aliphatic carbocycles. The number of nitrogens with zero attached hydrogens (tertiary/aromatic N) is 2. The molecule has 1 aromatic heterocycles. The lowest BCUT2D eigenvalue weighted by Crippen LogP contribution is -2.15. The van der Waals surface area contributed by atoms with Crippen molar-refractivity contribution in [2.45, 2.75) is 19.4 Å². The van der Waals surface area contributed by atoms with Gasteiger partial charge in [0.05, 0.1) is 11.9 Å². The van der Waals surface area contributed by atoms with E-state index >= 15 is 0 Å². The number of benzene rings is 1. The molecule has 1 aromatic carbocycles. The molecule has 0 saturated carbocycles. The Kier molecular flexibility index (Phi) is 2.32. The Bertz CT molecular complexity index is 424. The van der Waals surface area contributed by atoms with Crippen molar-refractivity contribution in [3.05, 3.63) is 48.5 Å². The van der Waals surface area contributed by atoms with Crippen LogP contribution < -0.4 is 0 Å². The summed E-state index contributed by atoms with van der Waals surface area (Å²) >= 11 is 0. The Hall–Kier alpha value is -1.61. The van der Waals surface area contributed by atoms with Crippen LogP contribution in [-0.4, -0.2) is 14.7 Å². The first-order valence-corrected chi connectivity index (χ1v) is 4.88. The Labute approximate surface area is 89.0 Å². The average Bonchev–Trinajstić information content (AvgIpc) is 2.69. The third-order valence-corrected chi connectivity index (χ3v) is 2.38. The lowest BCUT2D eigenvalue weighted by molar-refractivity contribution is 0.0786. The average molecular weight is 202 g/mol. The van der Waals surface area contributed by atoms with E-state index in [0.29, 0.717) is 0 Å². The van der Waals surface area contributed by atoms with Gasteiger partial charge in [-0.2, -0.15) is 0 Å². The van der Waals surface area contributed by atoms with Gasteiger partial charge in [0.2, 0.25) is 0 Å². The van der Waals surface area contributed by atoms with E-state index < -0.39 is 5.60 Å². The molecule has 0 bridgehead atoms. The van der Waals surface area contributed by atoms with Gasteiger partial charge in [0.15, 0.2) is 0 Å². The third-order valence-electron chi connectivity index (χ3n) is 2.38. The zero-order chi connectivity index (χ0) is 10.9. The summed E-state index contributed by atoms with van der Waals surface area (Å²) in [5.41, 5.74) is 1.17. The van der Waals surface area contributed by atoms with E-state index in [4.69, 9.17) is 0 Å². The summed E-state index contributed by atoms with van der Waals surface area (Å²) in [6.07, 6.45) is 5.38. The van der Waals surface area contributed by atoms with Crippen LogP contribution in [0.4, 0.5) is 0 Å². The van der Waals surface area contributed by atoms with Gasteiger partial charge in [0.25, 0.3) is 0 Å². The minimum atomic E-state index is -0.784. The fraction of sp³-hybridized carbons (Fsp3) is 0.250. The Morgan fingerprint density at radius 2 is 1.87 bits per heavy atom. The Morgan fingerprint density at radius 1 is 1.20 bits per heavy atom. The first kappa shape index (κ1) is 9.93. The monoisotopic (exact) mass is 202 g/mol. The van der Waals surface area contributed by atoms with E-state index in [1.807, 2.05) is 35.0 Å². The number of aromatic nitrogens is 2. The van der Waals surface area contributed by atoms with Crippen molar-refractivity contribution < 1.29 is 5.11 Å². The zero-order valence-electron chi connectivity index (χ0n) is 8.88. The predicted octanol–water partition coefficient (Wildman–Crippen LogP) is 2.10. The van der Waals surface area contributed by atoms with Crippen LogP contribution in [0.15, 0.2) is 43.0 Å². The van der Waals surface area contributed by atoms with Crippen molar-refractivity contribution in [1.29, 1.82) is 0 Å². The van der Waals surface area contributed by atoms with Crippen LogP contribution in [0.5, 0.6) is 0 Å². The molecule has 0 saturated heterocycles. The molecule has 0 radical (unpaired) electrons. The van der Waals surface area contributed by atoms with E-state index in [-0.39, 0.29) is 0 Å². The Balaban J connectivity index is 2.33. The first-order valence-electron chi connectivity index (χ1n) is 4.88. The molecular weight excluding hydrogens is 188 g/mol. The normalized spacial score (nSPS) is 11.7. The van der Waals surface area contributed by atoms with Gasteiger partial charge in [0.1, 0.15) is 0 Å². The summed E-state index contributed by atoms with van der Waals surface area (Å²) in [6, 6.07) is 7.79. The molecule has 0 fully saturated rings. The molecule has 0 spiro atoms. The predicted molar refractivity (Wildman–Crippen MR) is 58.8 cm³/mol. The first-order chi connectivity index (χ1) is 7.07. The summed E-state index contributed by atoms with van der Waals surface area (Å²) in [7, 11) is 0. The van der Waals surface area contributed by atoms with Crippen LogP contribution in [0.25, 0.3) is 5.69 Å². The molecule has 2 aromatic rings. The van der Waals surface area contributed by atoms with Gasteiger partial charge in [-0.05, 0) is 31.5 Å². The van der Waals surface area contributed by atoms with Crippen molar-refractivity contribution in [1.82, 2.24) is 9.55 Å². The van der Waals surface area contributed by atoms with Crippen molar-refractivity contribution in [2.75, 3.05) is 0 Å². The number of rotatable bonds is 2. The summed E-state index contributed by atoms with van der Waals surface area (Å²) in [6.45, 7) is 3.55. The standard InChI is InChI=1S/C12H14N2O/c1-12(2,15)10-3-5-11(6-4-10)14-8-7-13-9-14/h3-9,15H,1-2H3. The highest BCUT2D eigenvalue weighted by Crippen LogP contribution is 2.20. The second-order valence-corrected chi connectivity index (χ2v) is 4.08. The van der Waals surface area contributed by atoms with E-state index in [1.54, 1.807) is 26.4 Å². The SMILES string of the molecule is CC(C)(O)c1ccc(-n2ccnc2)cc1. The third kappa shape index (κ3) is 2.07. The molecule has 2 rings (SSSR count). The maximum absolute atomic E-state index is 9.79. The van der Waals surface area contributed by atoms with Crippen molar-refractivity contribution in [2.24, 2.45) is 0 Å². The number of aliphatic hydroxyl groups is 1.